The molecule has 0 aliphatic heterocycles. The van der Waals surface area contributed by atoms with Crippen molar-refractivity contribution in [1.82, 2.24) is 9.71 Å². The third-order valence-electron chi connectivity index (χ3n) is 2.66. The number of aromatic nitrogens is 1. The molecule has 7 heteroatoms. The number of nitrogens with one attached hydrogen (secondary N) is 1. The summed E-state index contributed by atoms with van der Waals surface area (Å²) in [5.74, 6) is 0. The van der Waals surface area contributed by atoms with Gasteiger partial charge in [0.05, 0.1) is 0 Å². The summed E-state index contributed by atoms with van der Waals surface area (Å²) in [6, 6.07) is 4.57. The van der Waals surface area contributed by atoms with E-state index in [-0.39, 0.29) is 22.7 Å². The molecule has 6 nitrogen and oxygen atoms in total. The Bertz CT molecular complexity index is 541. The van der Waals surface area contributed by atoms with Crippen LogP contribution in [0.1, 0.15) is 18.5 Å². The highest BCUT2D eigenvalue weighted by molar-refractivity contribution is 7.89. The van der Waals surface area contributed by atoms with Crippen LogP contribution in [0, 0.1) is 11.3 Å². The molecule has 0 unspecified atom stereocenters. The van der Waals surface area contributed by atoms with Crippen LogP contribution in [-0.2, 0) is 10.0 Å². The fourth-order valence-electron chi connectivity index (χ4n) is 1.65. The first kappa shape index (κ1) is 12.0. The third kappa shape index (κ3) is 2.61. The van der Waals surface area contributed by atoms with E-state index in [0.717, 1.165) is 0 Å². The molecule has 1 saturated carbocycles. The maximum atomic E-state index is 11.9. The van der Waals surface area contributed by atoms with Crippen LogP contribution < -0.4 is 10.5 Å². The van der Waals surface area contributed by atoms with E-state index < -0.39 is 10.0 Å². The van der Waals surface area contributed by atoms with E-state index in [2.05, 4.69) is 9.71 Å². The normalized spacial score (nSPS) is 23.8. The topological polar surface area (TPSA) is 109 Å². The second-order valence-electron chi connectivity index (χ2n) is 4.04. The molecule has 0 atom stereocenters. The maximum absolute atomic E-state index is 11.9. The maximum Gasteiger partial charge on any atom is 0.242 e. The molecule has 0 aromatic carbocycles. The van der Waals surface area contributed by atoms with Gasteiger partial charge in [-0.1, -0.05) is 0 Å². The first-order chi connectivity index (χ1) is 8.01. The summed E-state index contributed by atoms with van der Waals surface area (Å²) in [7, 11) is -3.55. The lowest BCUT2D eigenvalue weighted by Gasteiger charge is -2.32. The highest BCUT2D eigenvalue weighted by Gasteiger charge is 2.30. The lowest BCUT2D eigenvalue weighted by molar-refractivity contribution is 0.327. The Kier molecular flexibility index (Phi) is 3.11. The molecular weight excluding hydrogens is 240 g/mol. The Morgan fingerprint density at radius 2 is 2.18 bits per heavy atom. The van der Waals surface area contributed by atoms with Crippen LogP contribution in [0.15, 0.2) is 23.2 Å². The van der Waals surface area contributed by atoms with Crippen LogP contribution in [0.2, 0.25) is 0 Å². The highest BCUT2D eigenvalue weighted by atomic mass is 32.2. The average molecular weight is 252 g/mol. The third-order valence-corrected chi connectivity index (χ3v) is 4.16. The highest BCUT2D eigenvalue weighted by Crippen LogP contribution is 2.20. The summed E-state index contributed by atoms with van der Waals surface area (Å²) in [4.78, 5) is 3.79. The fraction of sp³-hybridized carbons (Fsp3) is 0.400. The first-order valence-electron chi connectivity index (χ1n) is 5.15. The molecule has 0 bridgehead atoms. The van der Waals surface area contributed by atoms with Gasteiger partial charge in [-0.3, -0.25) is 0 Å². The quantitative estimate of drug-likeness (QED) is 0.769. The Morgan fingerprint density at radius 3 is 2.65 bits per heavy atom. The van der Waals surface area contributed by atoms with Crippen molar-refractivity contribution in [1.29, 1.82) is 5.26 Å². The Hall–Kier alpha value is -1.49. The zero-order valence-corrected chi connectivity index (χ0v) is 9.81. The van der Waals surface area contributed by atoms with Gasteiger partial charge in [0.15, 0.2) is 0 Å². The average Bonchev–Trinajstić information content (AvgIpc) is 2.27. The van der Waals surface area contributed by atoms with Crippen molar-refractivity contribution in [3.8, 4) is 6.07 Å². The summed E-state index contributed by atoms with van der Waals surface area (Å²) in [6.07, 6.45) is 2.49. The summed E-state index contributed by atoms with van der Waals surface area (Å²) in [5, 5.41) is 8.56. The number of hydrogen-bond donors (Lipinski definition) is 2. The second-order valence-corrected chi connectivity index (χ2v) is 5.75. The number of rotatable bonds is 3. The van der Waals surface area contributed by atoms with E-state index in [1.165, 1.54) is 18.3 Å². The van der Waals surface area contributed by atoms with E-state index in [9.17, 15) is 8.42 Å². The van der Waals surface area contributed by atoms with E-state index in [0.29, 0.717) is 12.8 Å². The number of nitrogens with zero attached hydrogens (tertiary/aromatic N) is 2. The number of sulfonamides is 1. The molecular formula is C10H12N4O2S. The van der Waals surface area contributed by atoms with Gasteiger partial charge in [-0.2, -0.15) is 5.26 Å². The molecule has 1 aromatic rings. The SMILES string of the molecule is N#Cc1ccc(S(=O)(=O)NC2CC(N)C2)cn1. The Balaban J connectivity index is 2.12. The monoisotopic (exact) mass is 252 g/mol. The minimum absolute atomic E-state index is 0.0666. The molecule has 2 rings (SSSR count). The molecule has 0 amide bonds. The largest absolute Gasteiger partial charge is 0.328 e. The lowest BCUT2D eigenvalue weighted by atomic mass is 9.89. The van der Waals surface area contributed by atoms with E-state index in [1.54, 1.807) is 0 Å². The molecule has 0 saturated heterocycles. The summed E-state index contributed by atoms with van der Waals surface area (Å²) in [6.45, 7) is 0. The number of hydrogen-bond acceptors (Lipinski definition) is 5. The lowest BCUT2D eigenvalue weighted by Crippen LogP contribution is -2.50. The molecule has 1 heterocycles. The molecule has 1 aliphatic rings. The molecule has 3 N–H and O–H groups in total. The van der Waals surface area contributed by atoms with Gasteiger partial charge in [0.25, 0.3) is 0 Å². The van der Waals surface area contributed by atoms with Crippen molar-refractivity contribution in [2.24, 2.45) is 5.73 Å². The summed E-state index contributed by atoms with van der Waals surface area (Å²) in [5.41, 5.74) is 5.77. The minimum Gasteiger partial charge on any atom is -0.328 e. The van der Waals surface area contributed by atoms with E-state index in [1.807, 2.05) is 6.07 Å². The summed E-state index contributed by atoms with van der Waals surface area (Å²) >= 11 is 0. The predicted molar refractivity (Wildman–Crippen MR) is 60.3 cm³/mol. The number of pyridine rings is 1. The molecule has 90 valence electrons. The van der Waals surface area contributed by atoms with Gasteiger partial charge in [0.2, 0.25) is 10.0 Å². The van der Waals surface area contributed by atoms with Crippen LogP contribution in [0.3, 0.4) is 0 Å². The van der Waals surface area contributed by atoms with Crippen LogP contribution in [0.5, 0.6) is 0 Å². The number of nitriles is 1. The fourth-order valence-corrected chi connectivity index (χ4v) is 2.86. The minimum atomic E-state index is -3.55. The van der Waals surface area contributed by atoms with E-state index >= 15 is 0 Å². The molecule has 1 aromatic heterocycles. The van der Waals surface area contributed by atoms with Gasteiger partial charge in [-0.25, -0.2) is 18.1 Å². The second kappa shape index (κ2) is 4.41. The van der Waals surface area contributed by atoms with Gasteiger partial charge in [-0.15, -0.1) is 0 Å². The molecule has 1 fully saturated rings. The summed E-state index contributed by atoms with van der Waals surface area (Å²) < 4.78 is 26.3. The van der Waals surface area contributed by atoms with Crippen molar-refractivity contribution in [3.05, 3.63) is 24.0 Å². The van der Waals surface area contributed by atoms with E-state index in [4.69, 9.17) is 11.0 Å². The molecule has 0 radical (unpaired) electrons. The zero-order chi connectivity index (χ0) is 12.5. The first-order valence-corrected chi connectivity index (χ1v) is 6.63. The molecule has 1 aliphatic carbocycles. The van der Waals surface area contributed by atoms with Crippen LogP contribution >= 0.6 is 0 Å². The van der Waals surface area contributed by atoms with Crippen molar-refractivity contribution in [3.63, 3.8) is 0 Å². The molecule has 17 heavy (non-hydrogen) atoms. The van der Waals surface area contributed by atoms with Gasteiger partial charge in [-0.05, 0) is 25.0 Å². The van der Waals surface area contributed by atoms with Gasteiger partial charge >= 0.3 is 0 Å². The zero-order valence-electron chi connectivity index (χ0n) is 9.00. The number of nitrogens with two attached hydrogens (primary N) is 1. The van der Waals surface area contributed by atoms with Crippen LogP contribution in [-0.4, -0.2) is 25.5 Å². The standard InChI is InChI=1S/C10H12N4O2S/c11-5-8-1-2-10(6-13-8)17(15,16)14-9-3-7(12)4-9/h1-2,6-7,9,14H,3-4,12H2. The predicted octanol–water partition coefficient (Wildman–Crippen LogP) is -0.279. The van der Waals surface area contributed by atoms with Crippen molar-refractivity contribution >= 4 is 10.0 Å². The van der Waals surface area contributed by atoms with Gasteiger partial charge in [0.1, 0.15) is 16.7 Å². The van der Waals surface area contributed by atoms with Gasteiger partial charge < -0.3 is 5.73 Å². The van der Waals surface area contributed by atoms with Crippen molar-refractivity contribution in [2.75, 3.05) is 0 Å². The Labute approximate surface area is 99.5 Å². The van der Waals surface area contributed by atoms with Crippen LogP contribution in [0.4, 0.5) is 0 Å². The Morgan fingerprint density at radius 1 is 1.47 bits per heavy atom. The molecule has 0 spiro atoms. The smallest absolute Gasteiger partial charge is 0.242 e. The van der Waals surface area contributed by atoms with Gasteiger partial charge in [0, 0.05) is 18.3 Å². The van der Waals surface area contributed by atoms with Crippen molar-refractivity contribution < 1.29 is 8.42 Å². The van der Waals surface area contributed by atoms with Crippen molar-refractivity contribution in [2.45, 2.75) is 29.8 Å². The van der Waals surface area contributed by atoms with Crippen LogP contribution in [0.25, 0.3) is 0 Å².